The second kappa shape index (κ2) is 10.2. The highest BCUT2D eigenvalue weighted by molar-refractivity contribution is 5.85. The molecule has 0 unspecified atom stereocenters. The van der Waals surface area contributed by atoms with Gasteiger partial charge in [-0.3, -0.25) is 14.8 Å². The number of piperidine rings is 1. The van der Waals surface area contributed by atoms with Gasteiger partial charge in [0.25, 0.3) is 0 Å². The van der Waals surface area contributed by atoms with Crippen molar-refractivity contribution in [3.63, 3.8) is 0 Å². The van der Waals surface area contributed by atoms with Crippen molar-refractivity contribution in [2.24, 2.45) is 0 Å². The van der Waals surface area contributed by atoms with Gasteiger partial charge < -0.3 is 9.64 Å². The Balaban J connectivity index is 0.00000256. The Kier molecular flexibility index (Phi) is 7.43. The SMILES string of the molecule is COCC(=O)N1CCC(c2nc(-c3ccccn3)ncc2-c2ccncc2)CC1.Cl. The van der Waals surface area contributed by atoms with E-state index in [0.717, 1.165) is 35.4 Å². The lowest BCUT2D eigenvalue weighted by atomic mass is 9.89. The van der Waals surface area contributed by atoms with E-state index < -0.39 is 0 Å². The fraction of sp³-hybridized carbons (Fsp3) is 0.318. The molecule has 0 radical (unpaired) electrons. The molecule has 1 saturated heterocycles. The maximum atomic E-state index is 12.1. The number of carbonyl (C=O) groups is 1. The Labute approximate surface area is 182 Å². The number of methoxy groups -OCH3 is 1. The number of pyridine rings is 2. The summed E-state index contributed by atoms with van der Waals surface area (Å²) in [6.45, 7) is 1.53. The summed E-state index contributed by atoms with van der Waals surface area (Å²) in [5.74, 6) is 0.906. The van der Waals surface area contributed by atoms with Crippen LogP contribution in [0.5, 0.6) is 0 Å². The summed E-state index contributed by atoms with van der Waals surface area (Å²) >= 11 is 0. The van der Waals surface area contributed by atoms with Crippen LogP contribution in [0.1, 0.15) is 24.5 Å². The van der Waals surface area contributed by atoms with Gasteiger partial charge in [0.15, 0.2) is 5.82 Å². The Morgan fingerprint density at radius 1 is 1.10 bits per heavy atom. The molecule has 1 aliphatic rings. The number of rotatable bonds is 5. The molecule has 0 bridgehead atoms. The monoisotopic (exact) mass is 425 g/mol. The summed E-state index contributed by atoms with van der Waals surface area (Å²) in [5, 5.41) is 0. The summed E-state index contributed by atoms with van der Waals surface area (Å²) in [5.41, 5.74) is 3.81. The number of likely N-dealkylation sites (tertiary alicyclic amines) is 1. The first kappa shape index (κ1) is 21.8. The van der Waals surface area contributed by atoms with Crippen LogP contribution < -0.4 is 0 Å². The maximum absolute atomic E-state index is 12.1. The lowest BCUT2D eigenvalue weighted by Gasteiger charge is -2.32. The van der Waals surface area contributed by atoms with Crippen molar-refractivity contribution < 1.29 is 9.53 Å². The van der Waals surface area contributed by atoms with Gasteiger partial charge in [-0.15, -0.1) is 12.4 Å². The lowest BCUT2D eigenvalue weighted by Crippen LogP contribution is -2.40. The van der Waals surface area contributed by atoms with E-state index in [0.29, 0.717) is 18.9 Å². The average Bonchev–Trinajstić information content (AvgIpc) is 2.80. The summed E-state index contributed by atoms with van der Waals surface area (Å²) in [6, 6.07) is 9.67. The molecule has 156 valence electrons. The smallest absolute Gasteiger partial charge is 0.248 e. The minimum atomic E-state index is 0. The number of nitrogens with zero attached hydrogens (tertiary/aromatic N) is 5. The lowest BCUT2D eigenvalue weighted by molar-refractivity contribution is -0.136. The van der Waals surface area contributed by atoms with Crippen LogP contribution in [-0.4, -0.2) is 57.5 Å². The van der Waals surface area contributed by atoms with Crippen molar-refractivity contribution in [1.82, 2.24) is 24.8 Å². The number of hydrogen-bond donors (Lipinski definition) is 0. The Morgan fingerprint density at radius 2 is 1.87 bits per heavy atom. The zero-order chi connectivity index (χ0) is 20.1. The number of hydrogen-bond acceptors (Lipinski definition) is 6. The van der Waals surface area contributed by atoms with Crippen molar-refractivity contribution in [2.45, 2.75) is 18.8 Å². The summed E-state index contributed by atoms with van der Waals surface area (Å²) in [6.07, 6.45) is 8.88. The van der Waals surface area contributed by atoms with Gasteiger partial charge in [-0.05, 0) is 42.7 Å². The van der Waals surface area contributed by atoms with E-state index in [1.54, 1.807) is 25.7 Å². The predicted octanol–water partition coefficient (Wildman–Crippen LogP) is 3.37. The summed E-state index contributed by atoms with van der Waals surface area (Å²) < 4.78 is 4.99. The van der Waals surface area contributed by atoms with Gasteiger partial charge in [-0.2, -0.15) is 0 Å². The normalized spacial score (nSPS) is 14.2. The van der Waals surface area contributed by atoms with Crippen molar-refractivity contribution in [3.05, 3.63) is 60.8 Å². The molecule has 4 heterocycles. The van der Waals surface area contributed by atoms with Crippen molar-refractivity contribution in [3.8, 4) is 22.6 Å². The number of amides is 1. The predicted molar refractivity (Wildman–Crippen MR) is 116 cm³/mol. The molecule has 0 atom stereocenters. The number of halogens is 1. The minimum Gasteiger partial charge on any atom is -0.375 e. The molecule has 1 amide bonds. The van der Waals surface area contributed by atoms with Crippen LogP contribution in [0.4, 0.5) is 0 Å². The Hall–Kier alpha value is -2.90. The van der Waals surface area contributed by atoms with Crippen LogP contribution in [0.3, 0.4) is 0 Å². The van der Waals surface area contributed by atoms with Gasteiger partial charge in [-0.25, -0.2) is 9.97 Å². The van der Waals surface area contributed by atoms with Gasteiger partial charge in [0.2, 0.25) is 5.91 Å². The summed E-state index contributed by atoms with van der Waals surface area (Å²) in [7, 11) is 1.55. The van der Waals surface area contributed by atoms with E-state index >= 15 is 0 Å². The highest BCUT2D eigenvalue weighted by Crippen LogP contribution is 2.34. The van der Waals surface area contributed by atoms with Crippen LogP contribution in [0.25, 0.3) is 22.6 Å². The molecule has 0 saturated carbocycles. The Bertz CT molecular complexity index is 964. The minimum absolute atomic E-state index is 0. The molecule has 7 nitrogen and oxygen atoms in total. The zero-order valence-corrected chi connectivity index (χ0v) is 17.6. The fourth-order valence-electron chi connectivity index (χ4n) is 3.70. The molecule has 1 fully saturated rings. The van der Waals surface area contributed by atoms with Gasteiger partial charge in [-0.1, -0.05) is 6.07 Å². The third-order valence-corrected chi connectivity index (χ3v) is 5.21. The highest BCUT2D eigenvalue weighted by atomic mass is 35.5. The van der Waals surface area contributed by atoms with Gasteiger partial charge in [0, 0.05) is 56.5 Å². The van der Waals surface area contributed by atoms with Gasteiger partial charge in [0.05, 0.1) is 5.69 Å². The molecule has 8 heteroatoms. The van der Waals surface area contributed by atoms with Gasteiger partial charge in [0.1, 0.15) is 12.3 Å². The maximum Gasteiger partial charge on any atom is 0.248 e. The molecule has 3 aromatic rings. The van der Waals surface area contributed by atoms with E-state index in [2.05, 4.69) is 15.0 Å². The molecule has 30 heavy (non-hydrogen) atoms. The molecular formula is C22H24ClN5O2. The topological polar surface area (TPSA) is 81.1 Å². The van der Waals surface area contributed by atoms with Gasteiger partial charge >= 0.3 is 0 Å². The highest BCUT2D eigenvalue weighted by Gasteiger charge is 2.27. The van der Waals surface area contributed by atoms with Crippen molar-refractivity contribution >= 4 is 18.3 Å². The number of aromatic nitrogens is 4. The first-order valence-electron chi connectivity index (χ1n) is 9.71. The Morgan fingerprint density at radius 3 is 2.53 bits per heavy atom. The molecule has 0 spiro atoms. The molecular weight excluding hydrogens is 402 g/mol. The van der Waals surface area contributed by atoms with E-state index in [9.17, 15) is 4.79 Å². The van der Waals surface area contributed by atoms with Crippen LogP contribution in [0, 0.1) is 0 Å². The molecule has 4 rings (SSSR count). The van der Waals surface area contributed by atoms with Crippen LogP contribution in [0.2, 0.25) is 0 Å². The molecule has 0 aliphatic carbocycles. The van der Waals surface area contributed by atoms with Crippen LogP contribution in [0.15, 0.2) is 55.1 Å². The van der Waals surface area contributed by atoms with Crippen molar-refractivity contribution in [1.29, 1.82) is 0 Å². The quantitative estimate of drug-likeness (QED) is 0.623. The average molecular weight is 426 g/mol. The van der Waals surface area contributed by atoms with E-state index in [4.69, 9.17) is 9.72 Å². The molecule has 0 aromatic carbocycles. The molecule has 0 N–H and O–H groups in total. The largest absolute Gasteiger partial charge is 0.375 e. The fourth-order valence-corrected chi connectivity index (χ4v) is 3.70. The third kappa shape index (κ3) is 4.80. The number of carbonyl (C=O) groups excluding carboxylic acids is 1. The standard InChI is InChI=1S/C22H23N5O2.ClH/c1-29-15-20(28)27-12-7-17(8-13-27)21-18(16-5-10-23-11-6-16)14-25-22(26-21)19-4-2-3-9-24-19;/h2-6,9-11,14,17H,7-8,12-13,15H2,1H3;1H. The zero-order valence-electron chi connectivity index (χ0n) is 16.8. The second-order valence-electron chi connectivity index (χ2n) is 7.03. The van der Waals surface area contributed by atoms with Crippen LogP contribution >= 0.6 is 12.4 Å². The van der Waals surface area contributed by atoms with Crippen molar-refractivity contribution in [2.75, 3.05) is 26.8 Å². The van der Waals surface area contributed by atoms with Crippen LogP contribution in [-0.2, 0) is 9.53 Å². The molecule has 1 aliphatic heterocycles. The first-order chi connectivity index (χ1) is 14.3. The molecule has 3 aromatic heterocycles. The van der Waals surface area contributed by atoms with E-state index in [1.807, 2.05) is 41.4 Å². The first-order valence-corrected chi connectivity index (χ1v) is 9.71. The number of ether oxygens (including phenoxy) is 1. The summed E-state index contributed by atoms with van der Waals surface area (Å²) in [4.78, 5) is 32.0. The van der Waals surface area contributed by atoms with E-state index in [1.165, 1.54) is 0 Å². The van der Waals surface area contributed by atoms with E-state index in [-0.39, 0.29) is 30.8 Å². The third-order valence-electron chi connectivity index (χ3n) is 5.21. The second-order valence-corrected chi connectivity index (χ2v) is 7.03.